The number of halogens is 1. The Morgan fingerprint density at radius 2 is 2.05 bits per heavy atom. The van der Waals surface area contributed by atoms with Crippen LogP contribution in [0.2, 0.25) is 0 Å². The van der Waals surface area contributed by atoms with Gasteiger partial charge in [0, 0.05) is 12.0 Å². The largest absolute Gasteiger partial charge is 0.321 e. The molecule has 0 radical (unpaired) electrons. The van der Waals surface area contributed by atoms with Crippen LogP contribution >= 0.6 is 12.4 Å². The first-order valence-corrected chi connectivity index (χ1v) is 6.64. The summed E-state index contributed by atoms with van der Waals surface area (Å²) in [5.41, 5.74) is 14.6. The zero-order valence-corrected chi connectivity index (χ0v) is 12.4. The highest BCUT2D eigenvalue weighted by Crippen LogP contribution is 2.10. The Morgan fingerprint density at radius 1 is 1.29 bits per heavy atom. The van der Waals surface area contributed by atoms with Gasteiger partial charge in [-0.2, -0.15) is 10.2 Å². The number of fused-ring (bicyclic) bond motifs is 2. The molecule has 0 amide bonds. The van der Waals surface area contributed by atoms with E-state index in [0.29, 0.717) is 12.1 Å². The number of rotatable bonds is 4. The van der Waals surface area contributed by atoms with Crippen molar-refractivity contribution in [1.29, 1.82) is 0 Å². The van der Waals surface area contributed by atoms with E-state index >= 15 is 0 Å². The quantitative estimate of drug-likeness (QED) is 0.812. The second kappa shape index (κ2) is 5.89. The Kier molecular flexibility index (Phi) is 4.37. The summed E-state index contributed by atoms with van der Waals surface area (Å²) < 4.78 is 0. The van der Waals surface area contributed by atoms with Crippen molar-refractivity contribution >= 4 is 36.1 Å². The molecule has 0 aromatic heterocycles. The second-order valence-corrected chi connectivity index (χ2v) is 4.98. The summed E-state index contributed by atoms with van der Waals surface area (Å²) >= 11 is 0. The zero-order chi connectivity index (χ0) is 14.3. The van der Waals surface area contributed by atoms with Crippen LogP contribution in [0.1, 0.15) is 24.5 Å². The number of hydrogen-bond acceptors (Lipinski definition) is 5. The van der Waals surface area contributed by atoms with E-state index in [4.69, 9.17) is 11.5 Å². The number of allylic oxidation sites excluding steroid dienone is 1. The van der Waals surface area contributed by atoms with Crippen molar-refractivity contribution in [3.8, 4) is 0 Å². The van der Waals surface area contributed by atoms with Gasteiger partial charge in [0.25, 0.3) is 0 Å². The predicted molar refractivity (Wildman–Crippen MR) is 85.8 cm³/mol. The predicted octanol–water partition coefficient (Wildman–Crippen LogP) is -0.113. The lowest BCUT2D eigenvalue weighted by atomic mass is 9.94. The highest BCUT2D eigenvalue weighted by atomic mass is 35.5. The van der Waals surface area contributed by atoms with Crippen molar-refractivity contribution in [3.63, 3.8) is 0 Å². The molecule has 110 valence electrons. The molecule has 1 aromatic carbocycles. The van der Waals surface area contributed by atoms with Crippen molar-refractivity contribution in [3.05, 3.63) is 39.9 Å². The first-order chi connectivity index (χ1) is 9.61. The van der Waals surface area contributed by atoms with Gasteiger partial charge in [0.2, 0.25) is 0 Å². The summed E-state index contributed by atoms with van der Waals surface area (Å²) in [6, 6.07) is 2.61. The fraction of sp³-hybridized carbons (Fsp3) is 0.267. The van der Waals surface area contributed by atoms with Gasteiger partial charge in [-0.3, -0.25) is 4.79 Å². The third kappa shape index (κ3) is 2.55. The maximum absolute atomic E-state index is 11.7. The van der Waals surface area contributed by atoms with Gasteiger partial charge in [0.1, 0.15) is 0 Å². The average molecular weight is 305 g/mol. The smallest absolute Gasteiger partial charge is 0.151 e. The fourth-order valence-corrected chi connectivity index (χ4v) is 2.47. The number of hydrogen-bond donors (Lipinski definition) is 2. The molecule has 0 bridgehead atoms. The average Bonchev–Trinajstić information content (AvgIpc) is 3.07. The SMILES string of the molecule is CCC(=O)C(N)C(N)C1=NN=c2cc3c(cc21)=CC=C3.Cl. The van der Waals surface area contributed by atoms with E-state index in [1.54, 1.807) is 6.92 Å². The van der Waals surface area contributed by atoms with Gasteiger partial charge in [-0.25, -0.2) is 0 Å². The maximum atomic E-state index is 11.7. The fourth-order valence-electron chi connectivity index (χ4n) is 2.47. The molecule has 4 N–H and O–H groups in total. The monoisotopic (exact) mass is 304 g/mol. The summed E-state index contributed by atoms with van der Waals surface area (Å²) in [6.45, 7) is 1.78. The Balaban J connectivity index is 0.00000161. The van der Waals surface area contributed by atoms with Crippen LogP contribution in [-0.2, 0) is 4.79 Å². The zero-order valence-electron chi connectivity index (χ0n) is 11.6. The Morgan fingerprint density at radius 3 is 2.76 bits per heavy atom. The number of carbonyl (C=O) groups is 1. The van der Waals surface area contributed by atoms with Gasteiger partial charge in [-0.15, -0.1) is 12.4 Å². The van der Waals surface area contributed by atoms with E-state index in [2.05, 4.69) is 10.2 Å². The van der Waals surface area contributed by atoms with Crippen LogP contribution in [0, 0.1) is 0 Å². The summed E-state index contributed by atoms with van der Waals surface area (Å²) in [7, 11) is 0. The number of Topliss-reactive ketones (excluding diaryl/α,β-unsaturated/α-hetero) is 1. The van der Waals surface area contributed by atoms with E-state index < -0.39 is 12.1 Å². The van der Waals surface area contributed by atoms with E-state index in [1.165, 1.54) is 0 Å². The third-order valence-electron chi connectivity index (χ3n) is 3.72. The first kappa shape index (κ1) is 15.6. The van der Waals surface area contributed by atoms with Crippen molar-refractivity contribution in [2.45, 2.75) is 25.4 Å². The molecule has 0 fully saturated rings. The lowest BCUT2D eigenvalue weighted by molar-refractivity contribution is -0.120. The number of nitrogens with zero attached hydrogens (tertiary/aromatic N) is 2. The summed E-state index contributed by atoms with van der Waals surface area (Å²) in [4.78, 5) is 11.7. The number of benzene rings is 1. The second-order valence-electron chi connectivity index (χ2n) is 4.98. The van der Waals surface area contributed by atoms with Gasteiger partial charge in [0.05, 0.1) is 23.2 Å². The van der Waals surface area contributed by atoms with Crippen LogP contribution in [0.4, 0.5) is 0 Å². The third-order valence-corrected chi connectivity index (χ3v) is 3.72. The maximum Gasteiger partial charge on any atom is 0.151 e. The van der Waals surface area contributed by atoms with E-state index in [-0.39, 0.29) is 18.2 Å². The molecule has 2 atom stereocenters. The van der Waals surface area contributed by atoms with Crippen LogP contribution in [-0.4, -0.2) is 23.6 Å². The highest BCUT2D eigenvalue weighted by molar-refractivity contribution is 6.08. The number of ketones is 1. The van der Waals surface area contributed by atoms with Crippen LogP contribution in [0.5, 0.6) is 0 Å². The van der Waals surface area contributed by atoms with E-state index in [0.717, 1.165) is 21.7 Å². The molecule has 21 heavy (non-hydrogen) atoms. The van der Waals surface area contributed by atoms with Gasteiger partial charge in [-0.05, 0) is 22.9 Å². The molecule has 6 heteroatoms. The minimum atomic E-state index is -0.741. The van der Waals surface area contributed by atoms with Crippen molar-refractivity contribution in [2.75, 3.05) is 0 Å². The van der Waals surface area contributed by atoms with Crippen LogP contribution < -0.4 is 22.0 Å². The molecular formula is C15H17ClN4O. The van der Waals surface area contributed by atoms with Crippen LogP contribution in [0.3, 0.4) is 0 Å². The molecule has 2 aliphatic rings. The van der Waals surface area contributed by atoms with Crippen LogP contribution in [0.25, 0.3) is 12.2 Å². The van der Waals surface area contributed by atoms with Crippen molar-refractivity contribution < 1.29 is 4.79 Å². The minimum absolute atomic E-state index is 0. The van der Waals surface area contributed by atoms with Gasteiger partial charge in [0.15, 0.2) is 5.78 Å². The Hall–Kier alpha value is -1.82. The molecular weight excluding hydrogens is 288 g/mol. The summed E-state index contributed by atoms with van der Waals surface area (Å²) in [6.07, 6.45) is 6.40. The Labute approximate surface area is 128 Å². The lowest BCUT2D eigenvalue weighted by Crippen LogP contribution is -2.52. The molecule has 3 rings (SSSR count). The van der Waals surface area contributed by atoms with Crippen LogP contribution in [0.15, 0.2) is 28.4 Å². The van der Waals surface area contributed by atoms with E-state index in [1.807, 2.05) is 30.4 Å². The lowest BCUT2D eigenvalue weighted by Gasteiger charge is -2.18. The van der Waals surface area contributed by atoms with Gasteiger partial charge < -0.3 is 11.5 Å². The normalized spacial score (nSPS) is 16.8. The molecule has 0 saturated heterocycles. The topological polar surface area (TPSA) is 93.8 Å². The minimum Gasteiger partial charge on any atom is -0.321 e. The highest BCUT2D eigenvalue weighted by Gasteiger charge is 2.28. The molecule has 5 nitrogen and oxygen atoms in total. The van der Waals surface area contributed by atoms with Crippen molar-refractivity contribution in [1.82, 2.24) is 0 Å². The molecule has 1 aliphatic carbocycles. The Bertz CT molecular complexity index is 767. The van der Waals surface area contributed by atoms with E-state index in [9.17, 15) is 4.79 Å². The van der Waals surface area contributed by atoms with Crippen molar-refractivity contribution in [2.24, 2.45) is 21.7 Å². The molecule has 1 aliphatic heterocycles. The first-order valence-electron chi connectivity index (χ1n) is 6.64. The number of nitrogens with two attached hydrogens (primary N) is 2. The molecule has 1 heterocycles. The summed E-state index contributed by atoms with van der Waals surface area (Å²) in [5.74, 6) is -0.0666. The molecule has 1 aromatic rings. The molecule has 2 unspecified atom stereocenters. The number of carbonyl (C=O) groups excluding carboxylic acids is 1. The molecule has 0 spiro atoms. The molecule has 0 saturated carbocycles. The van der Waals surface area contributed by atoms with Gasteiger partial charge >= 0.3 is 0 Å². The standard InChI is InChI=1S/C15H16N4O.ClH/c1-2-12(20)13(16)14(17)15-10-6-8-4-3-5-9(8)7-11(10)18-19-15;/h3-7,13-14H,2,16-17H2,1H3;1H. The van der Waals surface area contributed by atoms with Gasteiger partial charge in [-0.1, -0.05) is 25.2 Å². The summed E-state index contributed by atoms with van der Waals surface area (Å²) in [5, 5.41) is 10.2.